The molecule has 4 nitrogen and oxygen atoms in total. The van der Waals surface area contributed by atoms with Gasteiger partial charge in [0.2, 0.25) is 0 Å². The molecule has 0 aromatic heterocycles. The first kappa shape index (κ1) is 9.95. The van der Waals surface area contributed by atoms with E-state index in [2.05, 4.69) is 16.0 Å². The molecule has 0 fully saturated rings. The third-order valence-electron chi connectivity index (χ3n) is 1.12. The topological polar surface area (TPSA) is 58.6 Å². The highest BCUT2D eigenvalue weighted by Crippen LogP contribution is 1.84. The summed E-state index contributed by atoms with van der Waals surface area (Å²) in [5, 5.41) is 11.2. The standard InChI is InChI=1S/C7H11NO3/c1-3-4-8-6(5-9)7(10)11-2/h1,6,8-9H,4-5H2,2H3. The van der Waals surface area contributed by atoms with Crippen molar-refractivity contribution in [1.29, 1.82) is 0 Å². The molecule has 1 atom stereocenters. The summed E-state index contributed by atoms with van der Waals surface area (Å²) in [6.45, 7) is -0.0747. The number of hydrogen-bond acceptors (Lipinski definition) is 4. The molecule has 11 heavy (non-hydrogen) atoms. The fourth-order valence-corrected chi connectivity index (χ4v) is 0.547. The molecule has 0 aliphatic carbocycles. The average molecular weight is 157 g/mol. The van der Waals surface area contributed by atoms with Crippen LogP contribution in [0.1, 0.15) is 0 Å². The molecule has 0 aromatic carbocycles. The Morgan fingerprint density at radius 1 is 1.91 bits per heavy atom. The maximum atomic E-state index is 10.7. The van der Waals surface area contributed by atoms with Gasteiger partial charge in [-0.2, -0.15) is 0 Å². The van der Waals surface area contributed by atoms with Crippen LogP contribution in [0.25, 0.3) is 0 Å². The molecule has 4 heteroatoms. The van der Waals surface area contributed by atoms with Crippen molar-refractivity contribution in [1.82, 2.24) is 5.32 Å². The second kappa shape index (κ2) is 5.71. The van der Waals surface area contributed by atoms with E-state index in [1.165, 1.54) is 7.11 Å². The molecule has 0 heterocycles. The smallest absolute Gasteiger partial charge is 0.325 e. The van der Waals surface area contributed by atoms with Crippen molar-refractivity contribution in [2.24, 2.45) is 0 Å². The van der Waals surface area contributed by atoms with E-state index in [-0.39, 0.29) is 13.2 Å². The predicted octanol–water partition coefficient (Wildman–Crippen LogP) is -1.26. The minimum atomic E-state index is -0.712. The third-order valence-corrected chi connectivity index (χ3v) is 1.12. The van der Waals surface area contributed by atoms with Crippen molar-refractivity contribution in [2.45, 2.75) is 6.04 Å². The van der Waals surface area contributed by atoms with Crippen molar-refractivity contribution >= 4 is 5.97 Å². The normalized spacial score (nSPS) is 11.7. The Morgan fingerprint density at radius 3 is 2.91 bits per heavy atom. The van der Waals surface area contributed by atoms with Gasteiger partial charge in [0.15, 0.2) is 0 Å². The quantitative estimate of drug-likeness (QED) is 0.395. The van der Waals surface area contributed by atoms with Crippen LogP contribution in [0, 0.1) is 12.3 Å². The number of aliphatic hydroxyl groups is 1. The highest BCUT2D eigenvalue weighted by Gasteiger charge is 2.15. The summed E-state index contributed by atoms with van der Waals surface area (Å²) in [6.07, 6.45) is 4.93. The SMILES string of the molecule is C#CCNC(CO)C(=O)OC. The number of hydrogen-bond donors (Lipinski definition) is 2. The first-order valence-electron chi connectivity index (χ1n) is 3.11. The Balaban J connectivity index is 3.77. The number of terminal acetylenes is 1. The Morgan fingerprint density at radius 2 is 2.55 bits per heavy atom. The number of ether oxygens (including phenoxy) is 1. The number of aliphatic hydroxyl groups excluding tert-OH is 1. The summed E-state index contributed by atoms with van der Waals surface area (Å²) in [6, 6.07) is -0.712. The van der Waals surface area contributed by atoms with Crippen molar-refractivity contribution in [3.05, 3.63) is 0 Å². The molecule has 1 unspecified atom stereocenters. The average Bonchev–Trinajstić information content (AvgIpc) is 2.05. The second-order valence-electron chi connectivity index (χ2n) is 1.84. The van der Waals surface area contributed by atoms with E-state index in [9.17, 15) is 4.79 Å². The summed E-state index contributed by atoms with van der Waals surface area (Å²) in [7, 11) is 1.25. The monoisotopic (exact) mass is 157 g/mol. The largest absolute Gasteiger partial charge is 0.468 e. The van der Waals surface area contributed by atoms with Crippen molar-refractivity contribution < 1.29 is 14.6 Å². The highest BCUT2D eigenvalue weighted by atomic mass is 16.5. The van der Waals surface area contributed by atoms with E-state index in [0.29, 0.717) is 0 Å². The highest BCUT2D eigenvalue weighted by molar-refractivity contribution is 5.75. The first-order chi connectivity index (χ1) is 5.26. The van der Waals surface area contributed by atoms with Crippen molar-refractivity contribution in [2.75, 3.05) is 20.3 Å². The molecule has 0 spiro atoms. The van der Waals surface area contributed by atoms with Crippen LogP contribution in [0.5, 0.6) is 0 Å². The molecule has 62 valence electrons. The van der Waals surface area contributed by atoms with E-state index in [4.69, 9.17) is 11.5 Å². The molecular formula is C7H11NO3. The van der Waals surface area contributed by atoms with E-state index in [1.807, 2.05) is 0 Å². The molecule has 2 N–H and O–H groups in total. The van der Waals surface area contributed by atoms with Crippen molar-refractivity contribution in [3.8, 4) is 12.3 Å². The molecule has 0 saturated carbocycles. The van der Waals surface area contributed by atoms with Crippen LogP contribution in [0.2, 0.25) is 0 Å². The van der Waals surface area contributed by atoms with E-state index < -0.39 is 12.0 Å². The lowest BCUT2D eigenvalue weighted by molar-refractivity contribution is -0.144. The lowest BCUT2D eigenvalue weighted by atomic mass is 10.3. The first-order valence-corrected chi connectivity index (χ1v) is 3.11. The Bertz CT molecular complexity index is 162. The molecule has 0 rings (SSSR count). The molecule has 0 saturated heterocycles. The zero-order valence-electron chi connectivity index (χ0n) is 6.33. The Hall–Kier alpha value is -1.05. The van der Waals surface area contributed by atoms with E-state index >= 15 is 0 Å². The van der Waals surface area contributed by atoms with Gasteiger partial charge in [-0.1, -0.05) is 5.92 Å². The van der Waals surface area contributed by atoms with Gasteiger partial charge in [-0.3, -0.25) is 10.1 Å². The molecular weight excluding hydrogens is 146 g/mol. The van der Waals surface area contributed by atoms with E-state index in [1.54, 1.807) is 0 Å². The van der Waals surface area contributed by atoms with Crippen molar-refractivity contribution in [3.63, 3.8) is 0 Å². The van der Waals surface area contributed by atoms with Gasteiger partial charge >= 0.3 is 5.97 Å². The summed E-state index contributed by atoms with van der Waals surface area (Å²) in [5.74, 6) is 1.77. The van der Waals surface area contributed by atoms with Gasteiger partial charge in [0.25, 0.3) is 0 Å². The van der Waals surface area contributed by atoms with Crippen LogP contribution in [0.3, 0.4) is 0 Å². The number of esters is 1. The van der Waals surface area contributed by atoms with Crippen LogP contribution < -0.4 is 5.32 Å². The lowest BCUT2D eigenvalue weighted by Crippen LogP contribution is -2.40. The fourth-order valence-electron chi connectivity index (χ4n) is 0.547. The summed E-state index contributed by atoms with van der Waals surface area (Å²) in [4.78, 5) is 10.7. The molecule has 0 aromatic rings. The minimum absolute atomic E-state index is 0.236. The van der Waals surface area contributed by atoms with Crippen LogP contribution in [-0.4, -0.2) is 37.4 Å². The number of carbonyl (C=O) groups excluding carboxylic acids is 1. The van der Waals surface area contributed by atoms with Gasteiger partial charge < -0.3 is 9.84 Å². The van der Waals surface area contributed by atoms with Gasteiger partial charge in [-0.15, -0.1) is 6.42 Å². The Labute approximate surface area is 65.5 Å². The zero-order valence-corrected chi connectivity index (χ0v) is 6.33. The maximum Gasteiger partial charge on any atom is 0.325 e. The molecule has 0 radical (unpaired) electrons. The van der Waals surface area contributed by atoms with Crippen LogP contribution >= 0.6 is 0 Å². The minimum Gasteiger partial charge on any atom is -0.468 e. The molecule has 0 amide bonds. The lowest BCUT2D eigenvalue weighted by Gasteiger charge is -2.10. The number of rotatable bonds is 4. The summed E-state index contributed by atoms with van der Waals surface area (Å²) >= 11 is 0. The van der Waals surface area contributed by atoms with Crippen LogP contribution in [0.15, 0.2) is 0 Å². The number of nitrogens with one attached hydrogen (secondary N) is 1. The summed E-state index contributed by atoms with van der Waals surface area (Å²) < 4.78 is 4.37. The third kappa shape index (κ3) is 3.61. The fraction of sp³-hybridized carbons (Fsp3) is 0.571. The van der Waals surface area contributed by atoms with Gasteiger partial charge in [0, 0.05) is 0 Å². The second-order valence-corrected chi connectivity index (χ2v) is 1.84. The maximum absolute atomic E-state index is 10.7. The van der Waals surface area contributed by atoms with Gasteiger partial charge in [-0.25, -0.2) is 0 Å². The number of methoxy groups -OCH3 is 1. The predicted molar refractivity (Wildman–Crippen MR) is 39.7 cm³/mol. The number of carbonyl (C=O) groups is 1. The van der Waals surface area contributed by atoms with E-state index in [0.717, 1.165) is 0 Å². The zero-order chi connectivity index (χ0) is 8.69. The molecule has 0 bridgehead atoms. The van der Waals surface area contributed by atoms with Gasteiger partial charge in [0.05, 0.1) is 20.3 Å². The van der Waals surface area contributed by atoms with Gasteiger partial charge in [-0.05, 0) is 0 Å². The molecule has 0 aliphatic rings. The van der Waals surface area contributed by atoms with Crippen LogP contribution in [-0.2, 0) is 9.53 Å². The Kier molecular flexibility index (Phi) is 5.17. The molecule has 0 aliphatic heterocycles. The van der Waals surface area contributed by atoms with Gasteiger partial charge in [0.1, 0.15) is 6.04 Å². The van der Waals surface area contributed by atoms with Crippen LogP contribution in [0.4, 0.5) is 0 Å². The summed E-state index contributed by atoms with van der Waals surface area (Å²) in [5.41, 5.74) is 0.